The minimum atomic E-state index is 0.409. The average molecular weight is 131 g/mol. The summed E-state index contributed by atoms with van der Waals surface area (Å²) in [6.07, 6.45) is 3.77. The number of thioether (sulfide) groups is 1. The summed E-state index contributed by atoms with van der Waals surface area (Å²) in [5.74, 6) is 0. The third-order valence-electron chi connectivity index (χ3n) is 1.47. The molecular weight excluding hydrogens is 116 g/mol. The summed E-state index contributed by atoms with van der Waals surface area (Å²) < 4.78 is 0. The van der Waals surface area contributed by atoms with Gasteiger partial charge in [-0.05, 0) is 5.41 Å². The summed E-state index contributed by atoms with van der Waals surface area (Å²) in [5.41, 5.74) is 0.409. The van der Waals surface area contributed by atoms with Gasteiger partial charge in [0.2, 0.25) is 0 Å². The smallest absolute Gasteiger partial charge is 0.00675 e. The van der Waals surface area contributed by atoms with Gasteiger partial charge < -0.3 is 0 Å². The fourth-order valence-electron chi connectivity index (χ4n) is 0.250. The van der Waals surface area contributed by atoms with Crippen molar-refractivity contribution in [2.75, 3.05) is 0 Å². The Morgan fingerprint density at radius 2 is 1.75 bits per heavy atom. The van der Waals surface area contributed by atoms with Crippen LogP contribution in [0.25, 0.3) is 0 Å². The van der Waals surface area contributed by atoms with E-state index in [2.05, 4.69) is 34.0 Å². The quantitative estimate of drug-likeness (QED) is 0.527. The van der Waals surface area contributed by atoms with Crippen molar-refractivity contribution in [1.82, 2.24) is 0 Å². The fourth-order valence-corrected chi connectivity index (χ4v) is 0.750. The molecular formula is C7H15S. The molecule has 1 unspecified atom stereocenters. The predicted octanol–water partition coefficient (Wildman–Crippen LogP) is 2.95. The normalized spacial score (nSPS) is 16.1. The second-order valence-corrected chi connectivity index (χ2v) is 4.22. The van der Waals surface area contributed by atoms with Crippen LogP contribution in [0.15, 0.2) is 0 Å². The van der Waals surface area contributed by atoms with Crippen LogP contribution in [0, 0.1) is 11.7 Å². The molecule has 0 aromatic rings. The van der Waals surface area contributed by atoms with E-state index in [0.29, 0.717) is 10.7 Å². The van der Waals surface area contributed by atoms with Gasteiger partial charge in [0, 0.05) is 11.5 Å². The van der Waals surface area contributed by atoms with Gasteiger partial charge in [0.1, 0.15) is 0 Å². The Hall–Kier alpha value is 0.350. The van der Waals surface area contributed by atoms with Gasteiger partial charge in [-0.25, -0.2) is 0 Å². The molecule has 0 saturated heterocycles. The van der Waals surface area contributed by atoms with Crippen LogP contribution < -0.4 is 0 Å². The molecule has 1 atom stereocenters. The molecule has 0 nitrogen and oxygen atoms in total. The summed E-state index contributed by atoms with van der Waals surface area (Å²) in [6, 6.07) is 0. The Morgan fingerprint density at radius 3 is 1.75 bits per heavy atom. The van der Waals surface area contributed by atoms with E-state index < -0.39 is 0 Å². The molecule has 0 rings (SSSR count). The van der Waals surface area contributed by atoms with Crippen LogP contribution in [-0.4, -0.2) is 5.25 Å². The van der Waals surface area contributed by atoms with E-state index >= 15 is 0 Å². The SMILES string of the molecule is [CH2]SC(C)C(C)(C)C. The molecule has 0 N–H and O–H groups in total. The lowest BCUT2D eigenvalue weighted by atomic mass is 9.93. The van der Waals surface area contributed by atoms with E-state index in [9.17, 15) is 0 Å². The second-order valence-electron chi connectivity index (χ2n) is 3.17. The number of hydrogen-bond acceptors (Lipinski definition) is 1. The van der Waals surface area contributed by atoms with E-state index in [1.165, 1.54) is 0 Å². The van der Waals surface area contributed by atoms with Crippen molar-refractivity contribution in [1.29, 1.82) is 0 Å². The molecule has 0 aromatic carbocycles. The van der Waals surface area contributed by atoms with Gasteiger partial charge in [-0.2, -0.15) is 11.8 Å². The van der Waals surface area contributed by atoms with E-state index in [1.54, 1.807) is 11.8 Å². The van der Waals surface area contributed by atoms with Crippen molar-refractivity contribution >= 4 is 11.8 Å². The molecule has 0 bridgehead atoms. The Bertz CT molecular complexity index is 61.3. The molecule has 0 fully saturated rings. The zero-order valence-electron chi connectivity index (χ0n) is 6.19. The van der Waals surface area contributed by atoms with Gasteiger partial charge in [0.15, 0.2) is 0 Å². The molecule has 1 heteroatoms. The number of rotatable bonds is 1. The molecule has 1 radical (unpaired) electrons. The first-order chi connectivity index (χ1) is 3.48. The van der Waals surface area contributed by atoms with Gasteiger partial charge in [-0.1, -0.05) is 27.7 Å². The van der Waals surface area contributed by atoms with Gasteiger partial charge in [-0.3, -0.25) is 0 Å². The Labute approximate surface area is 57.1 Å². The maximum Gasteiger partial charge on any atom is 0.00675 e. The minimum absolute atomic E-state index is 0.409. The fraction of sp³-hybridized carbons (Fsp3) is 0.857. The molecule has 0 aromatic heterocycles. The molecule has 0 saturated carbocycles. The molecule has 49 valence electrons. The third kappa shape index (κ3) is 2.61. The van der Waals surface area contributed by atoms with E-state index in [4.69, 9.17) is 0 Å². The molecule has 0 aliphatic heterocycles. The maximum absolute atomic E-state index is 3.77. The van der Waals surface area contributed by atoms with Crippen molar-refractivity contribution < 1.29 is 0 Å². The highest BCUT2D eigenvalue weighted by atomic mass is 32.2. The minimum Gasteiger partial charge on any atom is -0.157 e. The first-order valence-electron chi connectivity index (χ1n) is 2.89. The van der Waals surface area contributed by atoms with Crippen LogP contribution in [0.2, 0.25) is 0 Å². The molecule has 0 spiro atoms. The van der Waals surface area contributed by atoms with E-state index in [0.717, 1.165) is 0 Å². The van der Waals surface area contributed by atoms with Crippen LogP contribution in [0.5, 0.6) is 0 Å². The van der Waals surface area contributed by atoms with Crippen molar-refractivity contribution in [2.45, 2.75) is 32.9 Å². The van der Waals surface area contributed by atoms with Crippen molar-refractivity contribution in [3.63, 3.8) is 0 Å². The number of hydrogen-bond donors (Lipinski definition) is 0. The van der Waals surface area contributed by atoms with E-state index in [-0.39, 0.29) is 0 Å². The molecule has 0 amide bonds. The van der Waals surface area contributed by atoms with Crippen LogP contribution in [0.1, 0.15) is 27.7 Å². The van der Waals surface area contributed by atoms with Crippen LogP contribution in [0.4, 0.5) is 0 Å². The largest absolute Gasteiger partial charge is 0.157 e. The molecule has 0 aliphatic rings. The summed E-state index contributed by atoms with van der Waals surface area (Å²) in [4.78, 5) is 0. The van der Waals surface area contributed by atoms with Crippen molar-refractivity contribution in [3.05, 3.63) is 6.26 Å². The van der Waals surface area contributed by atoms with Crippen LogP contribution in [0.3, 0.4) is 0 Å². The summed E-state index contributed by atoms with van der Waals surface area (Å²) >= 11 is 1.68. The topological polar surface area (TPSA) is 0 Å². The Balaban J connectivity index is 3.62. The Morgan fingerprint density at radius 1 is 1.38 bits per heavy atom. The van der Waals surface area contributed by atoms with Gasteiger partial charge >= 0.3 is 0 Å². The monoisotopic (exact) mass is 131 g/mol. The lowest BCUT2D eigenvalue weighted by Crippen LogP contribution is -2.18. The second kappa shape index (κ2) is 2.77. The zero-order chi connectivity index (χ0) is 6.78. The van der Waals surface area contributed by atoms with Gasteiger partial charge in [0.05, 0.1) is 0 Å². The Kier molecular flexibility index (Phi) is 2.89. The summed E-state index contributed by atoms with van der Waals surface area (Å²) in [5, 5.41) is 0.655. The average Bonchev–Trinajstić information content (AvgIpc) is 1.62. The highest BCUT2D eigenvalue weighted by Gasteiger charge is 2.17. The molecule has 0 aliphatic carbocycles. The third-order valence-corrected chi connectivity index (χ3v) is 2.68. The summed E-state index contributed by atoms with van der Waals surface area (Å²) in [7, 11) is 0. The van der Waals surface area contributed by atoms with Gasteiger partial charge in [-0.15, -0.1) is 0 Å². The van der Waals surface area contributed by atoms with Crippen molar-refractivity contribution in [2.24, 2.45) is 5.41 Å². The van der Waals surface area contributed by atoms with E-state index in [1.807, 2.05) is 0 Å². The first kappa shape index (κ1) is 8.35. The zero-order valence-corrected chi connectivity index (χ0v) is 7.01. The standard InChI is InChI=1S/C7H15S/c1-6(8-5)7(2,3)4/h6H,5H2,1-4H3. The highest BCUT2D eigenvalue weighted by molar-refractivity contribution is 8.01. The molecule has 0 heterocycles. The molecule has 8 heavy (non-hydrogen) atoms. The van der Waals surface area contributed by atoms with Crippen LogP contribution >= 0.6 is 11.8 Å². The van der Waals surface area contributed by atoms with Gasteiger partial charge in [0.25, 0.3) is 0 Å². The lowest BCUT2D eigenvalue weighted by molar-refractivity contribution is 0.411. The highest BCUT2D eigenvalue weighted by Crippen LogP contribution is 2.28. The summed E-state index contributed by atoms with van der Waals surface area (Å²) in [6.45, 7) is 8.90. The van der Waals surface area contributed by atoms with Crippen molar-refractivity contribution in [3.8, 4) is 0 Å². The first-order valence-corrected chi connectivity index (χ1v) is 3.94. The lowest BCUT2D eigenvalue weighted by Gasteiger charge is -2.24. The predicted molar refractivity (Wildman–Crippen MR) is 41.9 cm³/mol. The maximum atomic E-state index is 3.77. The van der Waals surface area contributed by atoms with Crippen LogP contribution in [-0.2, 0) is 0 Å².